The van der Waals surface area contributed by atoms with Gasteiger partial charge < -0.3 is 4.74 Å². The fourth-order valence-electron chi connectivity index (χ4n) is 3.77. The third kappa shape index (κ3) is 2.16. The maximum absolute atomic E-state index is 13.4. The number of para-hydroxylation sites is 2. The smallest absolute Gasteiger partial charge is 0.336 e. The number of anilines is 2. The van der Waals surface area contributed by atoms with E-state index in [1.54, 1.807) is 60.7 Å². The first-order chi connectivity index (χ1) is 13.4. The molecule has 2 amide bonds. The Bertz CT molecular complexity index is 1040. The van der Waals surface area contributed by atoms with Gasteiger partial charge in [0.15, 0.2) is 5.54 Å². The Morgan fingerprint density at radius 2 is 1.39 bits per heavy atom. The van der Waals surface area contributed by atoms with E-state index in [1.165, 1.54) is 18.9 Å². The van der Waals surface area contributed by atoms with Gasteiger partial charge in [0.05, 0.1) is 12.7 Å². The summed E-state index contributed by atoms with van der Waals surface area (Å²) >= 11 is 0. The number of benzene rings is 2. The summed E-state index contributed by atoms with van der Waals surface area (Å²) in [5.41, 5.74) is -1.23. The van der Waals surface area contributed by atoms with Crippen LogP contribution in [0.5, 0.6) is 0 Å². The van der Waals surface area contributed by atoms with E-state index >= 15 is 0 Å². The van der Waals surface area contributed by atoms with Crippen LogP contribution < -0.4 is 9.80 Å². The van der Waals surface area contributed by atoms with E-state index in [2.05, 4.69) is 0 Å². The van der Waals surface area contributed by atoms with Crippen molar-refractivity contribution in [2.45, 2.75) is 12.5 Å². The summed E-state index contributed by atoms with van der Waals surface area (Å²) in [5, 5.41) is 0. The summed E-state index contributed by atoms with van der Waals surface area (Å²) in [6.45, 7) is 1.42. The number of carbonyl (C=O) groups excluding carboxylic acids is 4. The van der Waals surface area contributed by atoms with Gasteiger partial charge in [-0.15, -0.1) is 0 Å². The second kappa shape index (κ2) is 6.16. The van der Waals surface area contributed by atoms with Crippen molar-refractivity contribution in [3.63, 3.8) is 0 Å². The maximum Gasteiger partial charge on any atom is 0.336 e. The van der Waals surface area contributed by atoms with Gasteiger partial charge in [0, 0.05) is 11.4 Å². The van der Waals surface area contributed by atoms with Gasteiger partial charge in [0.25, 0.3) is 11.7 Å². The monoisotopic (exact) mass is 376 g/mol. The molecule has 1 unspecified atom stereocenters. The van der Waals surface area contributed by atoms with Gasteiger partial charge in [-0.1, -0.05) is 36.4 Å². The van der Waals surface area contributed by atoms with Crippen molar-refractivity contribution in [2.24, 2.45) is 0 Å². The van der Waals surface area contributed by atoms with E-state index in [1.807, 2.05) is 0 Å². The number of ether oxygens (including phenoxy) is 1. The minimum atomic E-state index is -1.75. The lowest BCUT2D eigenvalue weighted by molar-refractivity contribution is -0.146. The predicted octanol–water partition coefficient (Wildman–Crippen LogP) is 1.83. The molecule has 0 saturated heterocycles. The van der Waals surface area contributed by atoms with E-state index < -0.39 is 29.1 Å². The molecule has 2 aromatic carbocycles. The molecular formula is C21H16N2O5. The molecular weight excluding hydrogens is 360 g/mol. The number of carbonyl (C=O) groups is 4. The van der Waals surface area contributed by atoms with E-state index in [4.69, 9.17) is 4.74 Å². The highest BCUT2D eigenvalue weighted by Gasteiger charge is 2.63. The van der Waals surface area contributed by atoms with Crippen LogP contribution in [0.1, 0.15) is 6.92 Å². The largest absolute Gasteiger partial charge is 0.467 e. The lowest BCUT2D eigenvalue weighted by Gasteiger charge is -2.34. The average Bonchev–Trinajstić information content (AvgIpc) is 3.12. The first-order valence-corrected chi connectivity index (χ1v) is 8.59. The zero-order chi connectivity index (χ0) is 20.1. The topological polar surface area (TPSA) is 84.0 Å². The number of hydrogen-bond donors (Lipinski definition) is 0. The highest BCUT2D eigenvalue weighted by Crippen LogP contribution is 2.46. The summed E-state index contributed by atoms with van der Waals surface area (Å²) in [7, 11) is 1.18. The molecule has 2 heterocycles. The van der Waals surface area contributed by atoms with E-state index in [9.17, 15) is 19.2 Å². The third-order valence-corrected chi connectivity index (χ3v) is 5.04. The number of esters is 1. The average molecular weight is 376 g/mol. The molecule has 2 aromatic rings. The van der Waals surface area contributed by atoms with E-state index in [-0.39, 0.29) is 11.3 Å². The van der Waals surface area contributed by atoms with Crippen molar-refractivity contribution < 1.29 is 23.9 Å². The number of rotatable bonds is 3. The summed E-state index contributed by atoms with van der Waals surface area (Å²) in [5.74, 6) is -3.17. The Labute approximate surface area is 160 Å². The molecule has 4 rings (SSSR count). The van der Waals surface area contributed by atoms with Gasteiger partial charge in [0.2, 0.25) is 0 Å². The molecule has 0 bridgehead atoms. The van der Waals surface area contributed by atoms with Crippen LogP contribution in [0.2, 0.25) is 0 Å². The summed E-state index contributed by atoms with van der Waals surface area (Å²) in [6.07, 6.45) is 0. The molecule has 2 aliphatic rings. The molecule has 0 spiro atoms. The molecule has 140 valence electrons. The van der Waals surface area contributed by atoms with Crippen molar-refractivity contribution in [1.82, 2.24) is 0 Å². The third-order valence-electron chi connectivity index (χ3n) is 5.04. The lowest BCUT2D eigenvalue weighted by Crippen LogP contribution is -2.56. The number of hydrogen-bond acceptors (Lipinski definition) is 5. The summed E-state index contributed by atoms with van der Waals surface area (Å²) in [4.78, 5) is 54.1. The second-order valence-corrected chi connectivity index (χ2v) is 6.57. The molecule has 2 aliphatic heterocycles. The van der Waals surface area contributed by atoms with Gasteiger partial charge in [0.1, 0.15) is 5.70 Å². The summed E-state index contributed by atoms with van der Waals surface area (Å²) < 4.78 is 4.92. The molecule has 0 aromatic heterocycles. The van der Waals surface area contributed by atoms with Crippen LogP contribution in [-0.2, 0) is 23.9 Å². The number of amides is 2. The Hall–Kier alpha value is -3.74. The van der Waals surface area contributed by atoms with Crippen molar-refractivity contribution >= 4 is 34.9 Å². The fraction of sp³-hybridized carbons (Fsp3) is 0.143. The van der Waals surface area contributed by atoms with E-state index in [0.717, 1.165) is 4.90 Å². The van der Waals surface area contributed by atoms with Crippen LogP contribution in [0.15, 0.2) is 71.9 Å². The van der Waals surface area contributed by atoms with Gasteiger partial charge in [-0.3, -0.25) is 24.2 Å². The quantitative estimate of drug-likeness (QED) is 0.603. The zero-order valence-electron chi connectivity index (χ0n) is 15.2. The van der Waals surface area contributed by atoms with Crippen LogP contribution >= 0.6 is 0 Å². The maximum atomic E-state index is 13.4. The molecule has 0 saturated carbocycles. The molecule has 0 fully saturated rings. The highest BCUT2D eigenvalue weighted by atomic mass is 16.5. The number of nitrogens with zero attached hydrogens (tertiary/aromatic N) is 2. The van der Waals surface area contributed by atoms with Crippen LogP contribution in [0.3, 0.4) is 0 Å². The minimum absolute atomic E-state index is 0.113. The number of ketones is 1. The van der Waals surface area contributed by atoms with E-state index in [0.29, 0.717) is 11.4 Å². The summed E-state index contributed by atoms with van der Waals surface area (Å²) in [6, 6.07) is 16.9. The molecule has 0 N–H and O–H groups in total. The fourth-order valence-corrected chi connectivity index (χ4v) is 3.77. The molecule has 7 heteroatoms. The zero-order valence-corrected chi connectivity index (χ0v) is 15.2. The van der Waals surface area contributed by atoms with Crippen LogP contribution in [0.4, 0.5) is 11.4 Å². The first kappa shape index (κ1) is 17.7. The second-order valence-electron chi connectivity index (χ2n) is 6.57. The Kier molecular flexibility index (Phi) is 3.88. The van der Waals surface area contributed by atoms with Crippen molar-refractivity contribution in [1.29, 1.82) is 0 Å². The van der Waals surface area contributed by atoms with Gasteiger partial charge in [-0.2, -0.15) is 0 Å². The first-order valence-electron chi connectivity index (χ1n) is 8.59. The van der Waals surface area contributed by atoms with Gasteiger partial charge in [-0.25, -0.2) is 4.79 Å². The van der Waals surface area contributed by atoms with Crippen LogP contribution in [0.25, 0.3) is 0 Å². The molecule has 0 radical (unpaired) electrons. The highest BCUT2D eigenvalue weighted by molar-refractivity contribution is 6.56. The lowest BCUT2D eigenvalue weighted by atomic mass is 9.89. The molecule has 28 heavy (non-hydrogen) atoms. The SMILES string of the molecule is COC(=O)C1(C)C2=C(C(=O)N1c1ccccc1)N(c1ccccc1)C(=O)C2=O. The Morgan fingerprint density at radius 3 is 1.93 bits per heavy atom. The molecule has 1 atom stereocenters. The van der Waals surface area contributed by atoms with Gasteiger partial charge >= 0.3 is 11.9 Å². The Morgan fingerprint density at radius 1 is 0.857 bits per heavy atom. The number of Topliss-reactive ketones (excluding diaryl/α,β-unsaturated/α-hetero) is 1. The standard InChI is InChI=1S/C21H16N2O5/c1-21(20(27)28-2)15-16(18(25)23(21)14-11-7-4-8-12-14)22(19(26)17(15)24)13-9-5-3-6-10-13/h3-12H,1-2H3. The minimum Gasteiger partial charge on any atom is -0.467 e. The van der Waals surface area contributed by atoms with Gasteiger partial charge in [-0.05, 0) is 31.2 Å². The molecule has 0 aliphatic carbocycles. The predicted molar refractivity (Wildman–Crippen MR) is 100 cm³/mol. The van der Waals surface area contributed by atoms with Crippen molar-refractivity contribution in [3.05, 3.63) is 71.9 Å². The van der Waals surface area contributed by atoms with Crippen LogP contribution in [-0.4, -0.2) is 36.2 Å². The number of methoxy groups -OCH3 is 1. The van der Waals surface area contributed by atoms with Crippen molar-refractivity contribution in [3.8, 4) is 0 Å². The normalized spacial score (nSPS) is 21.4. The van der Waals surface area contributed by atoms with Crippen LogP contribution in [0, 0.1) is 0 Å². The Balaban J connectivity index is 1.97. The molecule has 7 nitrogen and oxygen atoms in total. The van der Waals surface area contributed by atoms with Crippen molar-refractivity contribution in [2.75, 3.05) is 16.9 Å².